The Morgan fingerprint density at radius 3 is 1.56 bits per heavy atom. The van der Waals surface area contributed by atoms with E-state index in [1.54, 1.807) is 0 Å². The van der Waals surface area contributed by atoms with Crippen molar-refractivity contribution >= 4 is 16.5 Å². The summed E-state index contributed by atoms with van der Waals surface area (Å²) >= 11 is 0. The van der Waals surface area contributed by atoms with Gasteiger partial charge in [0.1, 0.15) is 0 Å². The van der Waals surface area contributed by atoms with Crippen LogP contribution in [-0.4, -0.2) is 20.8 Å². The van der Waals surface area contributed by atoms with E-state index in [0.29, 0.717) is 0 Å². The van der Waals surface area contributed by atoms with Crippen molar-refractivity contribution in [3.63, 3.8) is 0 Å². The van der Waals surface area contributed by atoms with Crippen LogP contribution in [0, 0.1) is 0 Å². The zero-order valence-electron chi connectivity index (χ0n) is 3.81. The second kappa shape index (κ2) is 2.16. The van der Waals surface area contributed by atoms with Crippen molar-refractivity contribution in [2.75, 3.05) is 0 Å². The lowest BCUT2D eigenvalue weighted by Crippen LogP contribution is -2.26. The highest BCUT2D eigenvalue weighted by molar-refractivity contribution is 8.15. The largest absolute Gasteiger partial charge is 0.520 e. The van der Waals surface area contributed by atoms with E-state index in [1.165, 1.54) is 0 Å². The molecule has 0 heterocycles. The molecular weight excluding hydrogens is 163 g/mol. The number of hydrogen-bond acceptors (Lipinski definition) is 2. The zero-order chi connectivity index (χ0) is 7.71. The molecule has 0 spiro atoms. The van der Waals surface area contributed by atoms with Crippen LogP contribution in [-0.2, 0) is 9.69 Å². The lowest BCUT2D eigenvalue weighted by molar-refractivity contribution is -0.0415. The molecular formula is CBF4O2S. The Balaban J connectivity index is 4.57. The number of rotatable bonds is 1. The van der Waals surface area contributed by atoms with Gasteiger partial charge in [-0.3, -0.25) is 0 Å². The van der Waals surface area contributed by atoms with Crippen LogP contribution in [0.1, 0.15) is 0 Å². The van der Waals surface area contributed by atoms with E-state index < -0.39 is 22.0 Å². The summed E-state index contributed by atoms with van der Waals surface area (Å²) in [5.41, 5.74) is -5.51. The van der Waals surface area contributed by atoms with E-state index in [-0.39, 0.29) is 0 Å². The molecule has 2 nitrogen and oxygen atoms in total. The second-order valence-corrected chi connectivity index (χ2v) is 2.81. The summed E-state index contributed by atoms with van der Waals surface area (Å²) in [5, 5.41) is 0. The van der Waals surface area contributed by atoms with Gasteiger partial charge < -0.3 is 4.32 Å². The van der Waals surface area contributed by atoms with Gasteiger partial charge in [-0.1, -0.05) is 0 Å². The molecule has 0 N–H and O–H groups in total. The molecule has 0 fully saturated rings. The third-order valence-electron chi connectivity index (χ3n) is 0.440. The standard InChI is InChI=1S/CBF4O2S/c3-1(4,5)9(7,8)2-6. The first-order chi connectivity index (χ1) is 3.81. The van der Waals surface area contributed by atoms with Gasteiger partial charge in [-0.25, -0.2) is 8.42 Å². The molecule has 0 bridgehead atoms. The summed E-state index contributed by atoms with van der Waals surface area (Å²) in [6, 6.07) is 0. The summed E-state index contributed by atoms with van der Waals surface area (Å²) in [6.45, 7) is -1.38. The third-order valence-corrected chi connectivity index (χ3v) is 1.32. The molecule has 53 valence electrons. The van der Waals surface area contributed by atoms with E-state index >= 15 is 0 Å². The van der Waals surface area contributed by atoms with Crippen LogP contribution in [0.2, 0.25) is 0 Å². The molecule has 0 aliphatic heterocycles. The van der Waals surface area contributed by atoms with E-state index in [4.69, 9.17) is 0 Å². The molecule has 0 aromatic rings. The van der Waals surface area contributed by atoms with Crippen molar-refractivity contribution < 1.29 is 25.9 Å². The van der Waals surface area contributed by atoms with Crippen LogP contribution < -0.4 is 0 Å². The highest BCUT2D eigenvalue weighted by Gasteiger charge is 2.46. The lowest BCUT2D eigenvalue weighted by atomic mass is 10.6. The van der Waals surface area contributed by atoms with Crippen molar-refractivity contribution in [3.05, 3.63) is 0 Å². The third kappa shape index (κ3) is 1.85. The molecule has 0 saturated carbocycles. The van der Waals surface area contributed by atoms with Crippen molar-refractivity contribution in [2.45, 2.75) is 5.51 Å². The van der Waals surface area contributed by atoms with Crippen molar-refractivity contribution in [1.82, 2.24) is 0 Å². The summed E-state index contributed by atoms with van der Waals surface area (Å²) in [7, 11) is -5.63. The van der Waals surface area contributed by atoms with Crippen LogP contribution in [0.15, 0.2) is 0 Å². The maximum absolute atomic E-state index is 11.0. The maximum atomic E-state index is 11.0. The topological polar surface area (TPSA) is 34.1 Å². The molecule has 0 rings (SSSR count). The molecule has 0 aliphatic rings. The lowest BCUT2D eigenvalue weighted by Gasteiger charge is -2.00. The Kier molecular flexibility index (Phi) is 2.10. The molecule has 8 heteroatoms. The highest BCUT2D eigenvalue weighted by atomic mass is 32.2. The first kappa shape index (κ1) is 8.73. The summed E-state index contributed by atoms with van der Waals surface area (Å²) in [6.07, 6.45) is 0. The van der Waals surface area contributed by atoms with E-state index in [1.807, 2.05) is 0 Å². The van der Waals surface area contributed by atoms with Crippen molar-refractivity contribution in [1.29, 1.82) is 0 Å². The van der Waals surface area contributed by atoms with E-state index in [9.17, 15) is 25.9 Å². The van der Waals surface area contributed by atoms with Gasteiger partial charge >= 0.3 is 12.3 Å². The van der Waals surface area contributed by atoms with E-state index in [2.05, 4.69) is 0 Å². The summed E-state index contributed by atoms with van der Waals surface area (Å²) < 4.78 is 62.7. The Bertz CT molecular complexity index is 179. The number of hydrogen-bond donors (Lipinski definition) is 0. The van der Waals surface area contributed by atoms with Gasteiger partial charge in [0, 0.05) is 0 Å². The number of halogens is 4. The van der Waals surface area contributed by atoms with Crippen molar-refractivity contribution in [3.8, 4) is 0 Å². The predicted molar refractivity (Wildman–Crippen MR) is 21.8 cm³/mol. The summed E-state index contributed by atoms with van der Waals surface area (Å²) in [5.74, 6) is 0. The average Bonchev–Trinajstić information content (AvgIpc) is 1.64. The fraction of sp³-hybridized carbons (Fsp3) is 1.00. The smallest absolute Gasteiger partial charge is 0.317 e. The SMILES string of the molecule is O=S(=O)([B]F)C(F)(F)F. The van der Waals surface area contributed by atoms with Crippen molar-refractivity contribution in [2.24, 2.45) is 0 Å². The molecule has 0 aromatic carbocycles. The molecule has 0 aromatic heterocycles. The second-order valence-electron chi connectivity index (χ2n) is 1.08. The monoisotopic (exact) mass is 163 g/mol. The quantitative estimate of drug-likeness (QED) is 0.414. The van der Waals surface area contributed by atoms with Crippen LogP contribution >= 0.6 is 0 Å². The fourth-order valence-corrected chi connectivity index (χ4v) is 0.152. The van der Waals surface area contributed by atoms with Crippen LogP contribution in [0.3, 0.4) is 0 Å². The van der Waals surface area contributed by atoms with Crippen LogP contribution in [0.5, 0.6) is 0 Å². The molecule has 0 unspecified atom stereocenters. The fourth-order valence-electron chi connectivity index (χ4n) is 0.0505. The van der Waals surface area contributed by atoms with Crippen LogP contribution in [0.25, 0.3) is 0 Å². The summed E-state index contributed by atoms with van der Waals surface area (Å²) in [4.78, 5) is 0. The Morgan fingerprint density at radius 1 is 1.22 bits per heavy atom. The Hall–Kier alpha value is -0.265. The average molecular weight is 163 g/mol. The molecule has 0 saturated heterocycles. The minimum atomic E-state index is -5.63. The van der Waals surface area contributed by atoms with Gasteiger partial charge in [0.15, 0.2) is 0 Å². The Labute approximate surface area is 49.0 Å². The molecule has 1 radical (unpaired) electrons. The van der Waals surface area contributed by atoms with Gasteiger partial charge in [-0.05, 0) is 0 Å². The van der Waals surface area contributed by atoms with Crippen LogP contribution in [0.4, 0.5) is 17.5 Å². The van der Waals surface area contributed by atoms with Gasteiger partial charge in [-0.2, -0.15) is 13.2 Å². The maximum Gasteiger partial charge on any atom is 0.520 e. The first-order valence-electron chi connectivity index (χ1n) is 1.56. The molecule has 0 atom stereocenters. The minimum Gasteiger partial charge on any atom is -0.317 e. The Morgan fingerprint density at radius 2 is 1.56 bits per heavy atom. The van der Waals surface area contributed by atoms with Gasteiger partial charge in [0.25, 0.3) is 0 Å². The molecule has 0 aliphatic carbocycles. The van der Waals surface area contributed by atoms with E-state index in [0.717, 1.165) is 0 Å². The first-order valence-corrected chi connectivity index (χ1v) is 3.10. The predicted octanol–water partition coefficient (Wildman–Crippen LogP) is 0.425. The van der Waals surface area contributed by atoms with Gasteiger partial charge in [0.05, 0.1) is 0 Å². The number of alkyl halides is 3. The van der Waals surface area contributed by atoms with Gasteiger partial charge in [0.2, 0.25) is 9.69 Å². The normalized spacial score (nSPS) is 13.3. The highest BCUT2D eigenvalue weighted by Crippen LogP contribution is 2.22. The zero-order valence-corrected chi connectivity index (χ0v) is 4.63. The minimum absolute atomic E-state index is 1.38. The molecule has 0 amide bonds. The molecule has 9 heavy (non-hydrogen) atoms. The van der Waals surface area contributed by atoms with Gasteiger partial charge in [-0.15, -0.1) is 0 Å².